The molecule has 0 radical (unpaired) electrons. The molecule has 0 unspecified atom stereocenters. The van der Waals surface area contributed by atoms with Crippen LogP contribution in [0.1, 0.15) is 69.9 Å². The predicted octanol–water partition coefficient (Wildman–Crippen LogP) is 6.80. The zero-order valence-corrected chi connectivity index (χ0v) is 15.7. The van der Waals surface area contributed by atoms with Gasteiger partial charge < -0.3 is 4.90 Å². The van der Waals surface area contributed by atoms with Gasteiger partial charge in [0.25, 0.3) is 0 Å². The van der Waals surface area contributed by atoms with Crippen LogP contribution in [0, 0.1) is 0 Å². The second-order valence-electron chi connectivity index (χ2n) is 8.28. The van der Waals surface area contributed by atoms with Crippen molar-refractivity contribution in [3.05, 3.63) is 59.7 Å². The smallest absolute Gasteiger partial charge is 0.0408 e. The highest BCUT2D eigenvalue weighted by Gasteiger charge is 2.16. The van der Waals surface area contributed by atoms with Crippen LogP contribution in [0.5, 0.6) is 0 Å². The maximum Gasteiger partial charge on any atom is 0.0408 e. The first-order valence-electron chi connectivity index (χ1n) is 9.39. The van der Waals surface area contributed by atoms with E-state index in [0.29, 0.717) is 0 Å². The topological polar surface area (TPSA) is 3.24 Å². The summed E-state index contributed by atoms with van der Waals surface area (Å²) in [5.41, 5.74) is 5.62. The molecule has 1 aliphatic carbocycles. The van der Waals surface area contributed by atoms with E-state index >= 15 is 0 Å². The van der Waals surface area contributed by atoms with Crippen LogP contribution in [0.2, 0.25) is 0 Å². The molecule has 1 fully saturated rings. The first-order chi connectivity index (χ1) is 11.4. The molecule has 0 saturated heterocycles. The summed E-state index contributed by atoms with van der Waals surface area (Å²) in [6.07, 6.45) is 6.94. The van der Waals surface area contributed by atoms with Crippen LogP contribution in [0.25, 0.3) is 0 Å². The molecule has 1 aliphatic rings. The number of nitrogens with zero attached hydrogens (tertiary/aromatic N) is 1. The Kier molecular flexibility index (Phi) is 4.99. The molecule has 3 rings (SSSR count). The molecule has 128 valence electrons. The van der Waals surface area contributed by atoms with E-state index in [1.165, 1.54) is 54.6 Å². The van der Waals surface area contributed by atoms with Gasteiger partial charge in [-0.2, -0.15) is 0 Å². The van der Waals surface area contributed by atoms with Crippen molar-refractivity contribution >= 4 is 11.4 Å². The maximum absolute atomic E-state index is 2.34. The molecule has 0 N–H and O–H groups in total. The summed E-state index contributed by atoms with van der Waals surface area (Å²) in [4.78, 5) is 2.27. The third kappa shape index (κ3) is 3.83. The number of anilines is 2. The Hall–Kier alpha value is -1.76. The van der Waals surface area contributed by atoms with Gasteiger partial charge in [-0.1, -0.05) is 64.3 Å². The quantitative estimate of drug-likeness (QED) is 0.601. The van der Waals surface area contributed by atoms with Crippen molar-refractivity contribution in [1.29, 1.82) is 0 Å². The summed E-state index contributed by atoms with van der Waals surface area (Å²) in [6, 6.07) is 18.2. The molecule has 0 aromatic heterocycles. The van der Waals surface area contributed by atoms with Crippen molar-refractivity contribution in [2.45, 2.75) is 64.2 Å². The van der Waals surface area contributed by atoms with Gasteiger partial charge in [-0.3, -0.25) is 0 Å². The Morgan fingerprint density at radius 3 is 1.75 bits per heavy atom. The number of hydrogen-bond acceptors (Lipinski definition) is 1. The standard InChI is InChI=1S/C23H31N/c1-23(2,3)20-12-16-22(17-13-20)24(4)21-14-10-19(11-15-21)18-8-6-5-7-9-18/h10-18H,5-9H2,1-4H3. The maximum atomic E-state index is 2.34. The molecule has 2 aromatic rings. The summed E-state index contributed by atoms with van der Waals surface area (Å²) in [7, 11) is 2.15. The first kappa shape index (κ1) is 17.1. The van der Waals surface area contributed by atoms with Crippen molar-refractivity contribution < 1.29 is 0 Å². The normalized spacial score (nSPS) is 16.2. The van der Waals surface area contributed by atoms with Gasteiger partial charge >= 0.3 is 0 Å². The third-order valence-electron chi connectivity index (χ3n) is 5.48. The fourth-order valence-electron chi connectivity index (χ4n) is 3.74. The lowest BCUT2D eigenvalue weighted by Gasteiger charge is -2.25. The zero-order chi connectivity index (χ0) is 17.2. The Labute approximate surface area is 147 Å². The minimum Gasteiger partial charge on any atom is -0.345 e. The number of rotatable bonds is 3. The van der Waals surface area contributed by atoms with E-state index in [1.807, 2.05) is 0 Å². The summed E-state index contributed by atoms with van der Waals surface area (Å²) in [5, 5.41) is 0. The lowest BCUT2D eigenvalue weighted by Crippen LogP contribution is -2.13. The Morgan fingerprint density at radius 2 is 1.25 bits per heavy atom. The predicted molar refractivity (Wildman–Crippen MR) is 105 cm³/mol. The molecule has 0 aliphatic heterocycles. The molecule has 24 heavy (non-hydrogen) atoms. The van der Waals surface area contributed by atoms with E-state index in [4.69, 9.17) is 0 Å². The molecular weight excluding hydrogens is 290 g/mol. The van der Waals surface area contributed by atoms with E-state index in [0.717, 1.165) is 5.92 Å². The third-order valence-corrected chi connectivity index (χ3v) is 5.48. The van der Waals surface area contributed by atoms with Crippen molar-refractivity contribution in [1.82, 2.24) is 0 Å². The lowest BCUT2D eigenvalue weighted by molar-refractivity contribution is 0.443. The molecule has 0 spiro atoms. The highest BCUT2D eigenvalue weighted by molar-refractivity contribution is 5.63. The van der Waals surface area contributed by atoms with E-state index in [9.17, 15) is 0 Å². The average Bonchev–Trinajstić information content (AvgIpc) is 2.61. The second kappa shape index (κ2) is 7.01. The summed E-state index contributed by atoms with van der Waals surface area (Å²) in [6.45, 7) is 6.78. The summed E-state index contributed by atoms with van der Waals surface area (Å²) in [5.74, 6) is 0.782. The van der Waals surface area contributed by atoms with Crippen LogP contribution in [0.3, 0.4) is 0 Å². The molecule has 1 nitrogen and oxygen atoms in total. The number of benzene rings is 2. The van der Waals surface area contributed by atoms with E-state index in [-0.39, 0.29) is 5.41 Å². The molecule has 0 bridgehead atoms. The van der Waals surface area contributed by atoms with Crippen LogP contribution in [-0.2, 0) is 5.41 Å². The fourth-order valence-corrected chi connectivity index (χ4v) is 3.74. The number of hydrogen-bond donors (Lipinski definition) is 0. The van der Waals surface area contributed by atoms with E-state index in [1.54, 1.807) is 0 Å². The van der Waals surface area contributed by atoms with Gasteiger partial charge in [0.05, 0.1) is 0 Å². The monoisotopic (exact) mass is 321 g/mol. The molecule has 1 saturated carbocycles. The molecule has 0 heterocycles. The van der Waals surface area contributed by atoms with Crippen LogP contribution < -0.4 is 4.90 Å². The van der Waals surface area contributed by atoms with Crippen LogP contribution in [-0.4, -0.2) is 7.05 Å². The van der Waals surface area contributed by atoms with Gasteiger partial charge in [0, 0.05) is 18.4 Å². The first-order valence-corrected chi connectivity index (χ1v) is 9.39. The molecular formula is C23H31N. The van der Waals surface area contributed by atoms with Gasteiger partial charge in [-0.25, -0.2) is 0 Å². The average molecular weight is 322 g/mol. The van der Waals surface area contributed by atoms with Crippen LogP contribution >= 0.6 is 0 Å². The Morgan fingerprint density at radius 1 is 0.750 bits per heavy atom. The molecule has 0 atom stereocenters. The van der Waals surface area contributed by atoms with Gasteiger partial charge in [-0.15, -0.1) is 0 Å². The lowest BCUT2D eigenvalue weighted by atomic mass is 9.84. The molecule has 1 heteroatoms. The van der Waals surface area contributed by atoms with Gasteiger partial charge in [-0.05, 0) is 59.6 Å². The summed E-state index contributed by atoms with van der Waals surface area (Å²) < 4.78 is 0. The zero-order valence-electron chi connectivity index (χ0n) is 15.7. The molecule has 0 amide bonds. The van der Waals surface area contributed by atoms with E-state index < -0.39 is 0 Å². The van der Waals surface area contributed by atoms with Crippen molar-refractivity contribution in [2.24, 2.45) is 0 Å². The van der Waals surface area contributed by atoms with Crippen LogP contribution in [0.15, 0.2) is 48.5 Å². The highest BCUT2D eigenvalue weighted by atomic mass is 15.1. The minimum absolute atomic E-state index is 0.207. The van der Waals surface area contributed by atoms with Gasteiger partial charge in [0.2, 0.25) is 0 Å². The Bertz CT molecular complexity index is 640. The van der Waals surface area contributed by atoms with Gasteiger partial charge in [0.15, 0.2) is 0 Å². The fraction of sp³-hybridized carbons (Fsp3) is 0.478. The second-order valence-corrected chi connectivity index (χ2v) is 8.28. The highest BCUT2D eigenvalue weighted by Crippen LogP contribution is 2.34. The van der Waals surface area contributed by atoms with Gasteiger partial charge in [0.1, 0.15) is 0 Å². The molecule has 2 aromatic carbocycles. The minimum atomic E-state index is 0.207. The Balaban J connectivity index is 1.73. The summed E-state index contributed by atoms with van der Waals surface area (Å²) >= 11 is 0. The van der Waals surface area contributed by atoms with Crippen LogP contribution in [0.4, 0.5) is 11.4 Å². The van der Waals surface area contributed by atoms with Crippen molar-refractivity contribution in [3.8, 4) is 0 Å². The van der Waals surface area contributed by atoms with Crippen molar-refractivity contribution in [3.63, 3.8) is 0 Å². The SMILES string of the molecule is CN(c1ccc(C2CCCCC2)cc1)c1ccc(C(C)(C)C)cc1. The largest absolute Gasteiger partial charge is 0.345 e. The van der Waals surface area contributed by atoms with Crippen molar-refractivity contribution in [2.75, 3.05) is 11.9 Å². The van der Waals surface area contributed by atoms with E-state index in [2.05, 4.69) is 81.2 Å².